The Morgan fingerprint density at radius 1 is 1.26 bits per heavy atom. The van der Waals surface area contributed by atoms with Gasteiger partial charge in [-0.2, -0.15) is 0 Å². The molecule has 6 atom stereocenters. The van der Waals surface area contributed by atoms with Gasteiger partial charge in [-0.3, -0.25) is 14.4 Å². The lowest BCUT2D eigenvalue weighted by molar-refractivity contribution is -0.154. The van der Waals surface area contributed by atoms with Crippen LogP contribution in [0, 0.1) is 11.8 Å². The molecule has 8 nitrogen and oxygen atoms in total. The van der Waals surface area contributed by atoms with Crippen LogP contribution in [0.5, 0.6) is 0 Å². The van der Waals surface area contributed by atoms with Crippen molar-refractivity contribution in [3.05, 3.63) is 0 Å². The van der Waals surface area contributed by atoms with Crippen LogP contribution in [-0.4, -0.2) is 76.7 Å². The van der Waals surface area contributed by atoms with E-state index in [1.54, 1.807) is 11.8 Å². The number of unbranched alkanes of at least 4 members (excludes halogenated alkanes) is 4. The molecule has 0 aromatic carbocycles. The molecule has 3 saturated heterocycles. The topological polar surface area (TPSA) is 105 Å². The van der Waals surface area contributed by atoms with E-state index in [1.807, 2.05) is 0 Å². The van der Waals surface area contributed by atoms with Gasteiger partial charge in [-0.15, -0.1) is 0 Å². The first-order chi connectivity index (χ1) is 14.9. The number of carbonyl (C=O) groups excluding carboxylic acids is 3. The van der Waals surface area contributed by atoms with Gasteiger partial charge in [-0.25, -0.2) is 0 Å². The van der Waals surface area contributed by atoms with Gasteiger partial charge in [-0.1, -0.05) is 42.1 Å². The molecular weight excluding hydrogens is 468 g/mol. The molecular formula is C22H35BrN2O6. The minimum atomic E-state index is -1.01. The number of hydrogen-bond acceptors (Lipinski definition) is 6. The van der Waals surface area contributed by atoms with Crippen molar-refractivity contribution in [3.8, 4) is 0 Å². The number of alkyl halides is 1. The Morgan fingerprint density at radius 2 is 2.00 bits per heavy atom. The van der Waals surface area contributed by atoms with Crippen LogP contribution in [0.15, 0.2) is 0 Å². The minimum absolute atomic E-state index is 0.110. The fraction of sp³-hybridized carbons (Fsp3) is 0.864. The van der Waals surface area contributed by atoms with Crippen LogP contribution in [0.25, 0.3) is 0 Å². The molecule has 3 heterocycles. The van der Waals surface area contributed by atoms with Gasteiger partial charge in [-0.05, 0) is 32.6 Å². The number of amides is 2. The van der Waals surface area contributed by atoms with Crippen molar-refractivity contribution < 1.29 is 29.0 Å². The molecule has 2 amide bonds. The number of aliphatic hydroxyl groups excluding tert-OH is 1. The van der Waals surface area contributed by atoms with Crippen molar-refractivity contribution >= 4 is 33.7 Å². The number of hydrogen-bond donors (Lipinski definition) is 2. The number of esters is 1. The first-order valence-corrected chi connectivity index (χ1v) is 12.5. The first kappa shape index (κ1) is 24.5. The second kappa shape index (κ2) is 10.6. The summed E-state index contributed by atoms with van der Waals surface area (Å²) < 4.78 is 11.6. The number of rotatable bonds is 12. The van der Waals surface area contributed by atoms with Crippen molar-refractivity contribution in [2.24, 2.45) is 11.8 Å². The zero-order valence-corrected chi connectivity index (χ0v) is 20.1. The smallest absolute Gasteiger partial charge is 0.312 e. The molecule has 1 spiro atoms. The van der Waals surface area contributed by atoms with E-state index in [0.29, 0.717) is 19.5 Å². The van der Waals surface area contributed by atoms with Crippen LogP contribution in [0.4, 0.5) is 0 Å². The summed E-state index contributed by atoms with van der Waals surface area (Å²) in [5.41, 5.74) is -1.01. The summed E-state index contributed by atoms with van der Waals surface area (Å²) in [6, 6.07) is -0.746. The van der Waals surface area contributed by atoms with E-state index in [9.17, 15) is 14.4 Å². The number of likely N-dealkylation sites (tertiary alicyclic amines) is 1. The van der Waals surface area contributed by atoms with Crippen LogP contribution in [0.1, 0.15) is 58.8 Å². The van der Waals surface area contributed by atoms with Crippen LogP contribution < -0.4 is 5.32 Å². The average molecular weight is 503 g/mol. The summed E-state index contributed by atoms with van der Waals surface area (Å²) in [4.78, 5) is 41.2. The molecule has 3 unspecified atom stereocenters. The van der Waals surface area contributed by atoms with E-state index in [1.165, 1.54) is 0 Å². The van der Waals surface area contributed by atoms with Gasteiger partial charge in [0, 0.05) is 24.5 Å². The maximum atomic E-state index is 13.6. The molecule has 3 rings (SSSR count). The van der Waals surface area contributed by atoms with E-state index >= 15 is 0 Å². The Morgan fingerprint density at radius 3 is 2.68 bits per heavy atom. The van der Waals surface area contributed by atoms with Crippen molar-refractivity contribution in [2.45, 2.75) is 81.4 Å². The number of carbonyl (C=O) groups is 3. The third-order valence-corrected chi connectivity index (χ3v) is 7.58. The molecule has 31 heavy (non-hydrogen) atoms. The zero-order chi connectivity index (χ0) is 22.6. The third kappa shape index (κ3) is 4.50. The average Bonchev–Trinajstić information content (AvgIpc) is 3.32. The number of fused-ring (bicyclic) bond motifs is 1. The lowest BCUT2D eigenvalue weighted by atomic mass is 9.70. The Bertz CT molecular complexity index is 676. The first-order valence-electron chi connectivity index (χ1n) is 11.6. The van der Waals surface area contributed by atoms with Gasteiger partial charge in [0.25, 0.3) is 0 Å². The largest absolute Gasteiger partial charge is 0.466 e. The molecule has 3 fully saturated rings. The summed E-state index contributed by atoms with van der Waals surface area (Å²) in [5.74, 6) is -2.20. The lowest BCUT2D eigenvalue weighted by Crippen LogP contribution is -2.56. The minimum Gasteiger partial charge on any atom is -0.466 e. The van der Waals surface area contributed by atoms with Gasteiger partial charge in [0.1, 0.15) is 11.6 Å². The van der Waals surface area contributed by atoms with E-state index in [0.717, 1.165) is 38.5 Å². The summed E-state index contributed by atoms with van der Waals surface area (Å²) >= 11 is 3.63. The standard InChI is InChI=1S/C22H35BrN2O6/c1-3-5-10-24-19(27)18-22-13-14(23)17(31-22)15(21(29)30-4-2)16(22)20(28)25(18)11-8-6-7-9-12-26/h14-18,26H,3-13H2,1-2H3,(H,24,27)/t14?,15-,16+,17-,18?,22?/m1/s1. The van der Waals surface area contributed by atoms with Crippen molar-refractivity contribution in [2.75, 3.05) is 26.3 Å². The zero-order valence-electron chi connectivity index (χ0n) is 18.5. The third-order valence-electron chi connectivity index (χ3n) is 6.73. The summed E-state index contributed by atoms with van der Waals surface area (Å²) in [6.45, 7) is 5.17. The van der Waals surface area contributed by atoms with Crippen LogP contribution in [0.3, 0.4) is 0 Å². The van der Waals surface area contributed by atoms with Crippen LogP contribution in [0.2, 0.25) is 0 Å². The van der Waals surface area contributed by atoms with E-state index in [2.05, 4.69) is 28.2 Å². The fourth-order valence-corrected chi connectivity index (χ4v) is 6.35. The molecule has 0 radical (unpaired) electrons. The predicted molar refractivity (Wildman–Crippen MR) is 118 cm³/mol. The fourth-order valence-electron chi connectivity index (χ4n) is 5.41. The molecule has 2 bridgehead atoms. The molecule has 0 aromatic rings. The number of halogens is 1. The predicted octanol–water partition coefficient (Wildman–Crippen LogP) is 1.77. The Balaban J connectivity index is 1.86. The highest BCUT2D eigenvalue weighted by molar-refractivity contribution is 9.09. The summed E-state index contributed by atoms with van der Waals surface area (Å²) in [6.07, 6.45) is 5.05. The molecule has 3 aliphatic heterocycles. The maximum Gasteiger partial charge on any atom is 0.312 e. The van der Waals surface area contributed by atoms with Gasteiger partial charge < -0.3 is 24.8 Å². The second-order valence-corrected chi connectivity index (χ2v) is 9.91. The lowest BCUT2D eigenvalue weighted by Gasteiger charge is -2.34. The quantitative estimate of drug-likeness (QED) is 0.239. The van der Waals surface area contributed by atoms with Crippen molar-refractivity contribution in [3.63, 3.8) is 0 Å². The number of nitrogens with zero attached hydrogens (tertiary/aromatic N) is 1. The number of aliphatic hydroxyl groups is 1. The summed E-state index contributed by atoms with van der Waals surface area (Å²) in [7, 11) is 0. The Kier molecular flexibility index (Phi) is 8.37. The van der Waals surface area contributed by atoms with E-state index in [-0.39, 0.29) is 29.9 Å². The van der Waals surface area contributed by atoms with Gasteiger partial charge in [0.05, 0.1) is 24.5 Å². The highest BCUT2D eigenvalue weighted by Gasteiger charge is 2.76. The van der Waals surface area contributed by atoms with Crippen LogP contribution >= 0.6 is 15.9 Å². The Hall–Kier alpha value is -1.19. The molecule has 0 aliphatic carbocycles. The van der Waals surface area contributed by atoms with Crippen molar-refractivity contribution in [1.82, 2.24) is 10.2 Å². The molecule has 176 valence electrons. The van der Waals surface area contributed by atoms with Crippen LogP contribution in [-0.2, 0) is 23.9 Å². The summed E-state index contributed by atoms with van der Waals surface area (Å²) in [5, 5.41) is 12.0. The SMILES string of the molecule is CCCCNC(=O)C1N(CCCCCCO)C(=O)[C@@H]2[C@@H](C(=O)OCC)[C@@H]3OC12CC3Br. The molecule has 9 heteroatoms. The molecule has 0 aromatic heterocycles. The number of nitrogens with one attached hydrogen (secondary N) is 1. The molecule has 0 saturated carbocycles. The highest BCUT2D eigenvalue weighted by atomic mass is 79.9. The normalized spacial score (nSPS) is 33.6. The van der Waals surface area contributed by atoms with Gasteiger partial charge in [0.2, 0.25) is 11.8 Å². The second-order valence-electron chi connectivity index (χ2n) is 8.73. The number of ether oxygens (including phenoxy) is 2. The molecule has 3 aliphatic rings. The monoisotopic (exact) mass is 502 g/mol. The van der Waals surface area contributed by atoms with E-state index in [4.69, 9.17) is 14.6 Å². The molecule has 2 N–H and O–H groups in total. The highest BCUT2D eigenvalue weighted by Crippen LogP contribution is 2.60. The van der Waals surface area contributed by atoms with Gasteiger partial charge in [0.15, 0.2) is 0 Å². The maximum absolute atomic E-state index is 13.6. The van der Waals surface area contributed by atoms with Gasteiger partial charge >= 0.3 is 5.97 Å². The van der Waals surface area contributed by atoms with Crippen molar-refractivity contribution in [1.29, 1.82) is 0 Å². The Labute approximate surface area is 192 Å². The van der Waals surface area contributed by atoms with E-state index < -0.39 is 35.6 Å².